The van der Waals surface area contributed by atoms with Crippen molar-refractivity contribution in [2.24, 2.45) is 0 Å². The van der Waals surface area contributed by atoms with Crippen LogP contribution in [0.1, 0.15) is 27.7 Å². The van der Waals surface area contributed by atoms with E-state index in [-0.39, 0.29) is 11.5 Å². The number of halogens is 1. The molecule has 29 heavy (non-hydrogen) atoms. The van der Waals surface area contributed by atoms with Gasteiger partial charge in [-0.05, 0) is 59.6 Å². The standard InChI is InChI=1S/C20H17FN2O4S2/c1-27-19(26)17-9-12-8-14(6-7-16(12)29-17)22-20(28)23-15(10-18(24)25)11-2-4-13(21)5-3-11/h2-9,15H,10H2,1H3,(H,24,25)(H2,22,23,28)/t15-/m1/s1. The molecule has 3 aromatic rings. The lowest BCUT2D eigenvalue weighted by atomic mass is 10.0. The lowest BCUT2D eigenvalue weighted by Crippen LogP contribution is -2.33. The van der Waals surface area contributed by atoms with Crippen LogP contribution in [-0.4, -0.2) is 29.3 Å². The van der Waals surface area contributed by atoms with E-state index in [2.05, 4.69) is 10.6 Å². The third kappa shape index (κ3) is 5.27. The molecule has 0 fully saturated rings. The van der Waals surface area contributed by atoms with Crippen molar-refractivity contribution in [1.29, 1.82) is 0 Å². The number of hydrogen-bond donors (Lipinski definition) is 3. The highest BCUT2D eigenvalue weighted by Gasteiger charge is 2.17. The van der Waals surface area contributed by atoms with Gasteiger partial charge in [0, 0.05) is 10.4 Å². The van der Waals surface area contributed by atoms with Gasteiger partial charge in [0.05, 0.1) is 19.6 Å². The number of carbonyl (C=O) groups is 2. The molecule has 2 aromatic carbocycles. The van der Waals surface area contributed by atoms with E-state index in [1.54, 1.807) is 12.1 Å². The highest BCUT2D eigenvalue weighted by molar-refractivity contribution is 7.80. The third-order valence-corrected chi connectivity index (χ3v) is 5.43. The highest BCUT2D eigenvalue weighted by atomic mass is 32.1. The zero-order valence-electron chi connectivity index (χ0n) is 15.3. The van der Waals surface area contributed by atoms with Crippen LogP contribution in [0.2, 0.25) is 0 Å². The van der Waals surface area contributed by atoms with E-state index >= 15 is 0 Å². The molecule has 0 aliphatic rings. The summed E-state index contributed by atoms with van der Waals surface area (Å²) in [6.45, 7) is 0. The first-order valence-electron chi connectivity index (χ1n) is 8.52. The molecule has 0 unspecified atom stereocenters. The van der Waals surface area contributed by atoms with Crippen LogP contribution in [0.4, 0.5) is 10.1 Å². The zero-order chi connectivity index (χ0) is 21.0. The Morgan fingerprint density at radius 2 is 1.93 bits per heavy atom. The topological polar surface area (TPSA) is 87.7 Å². The Balaban J connectivity index is 1.74. The molecule has 0 amide bonds. The number of thiocarbonyl (C=S) groups is 1. The number of esters is 1. The quantitative estimate of drug-likeness (QED) is 0.395. The normalized spacial score (nSPS) is 11.7. The van der Waals surface area contributed by atoms with Crippen molar-refractivity contribution in [3.05, 3.63) is 64.8 Å². The molecule has 9 heteroatoms. The number of carboxylic acid groups (broad SMARTS) is 1. The average Bonchev–Trinajstić information content (AvgIpc) is 3.10. The first-order valence-corrected chi connectivity index (χ1v) is 9.75. The minimum absolute atomic E-state index is 0.223. The second kappa shape index (κ2) is 8.97. The van der Waals surface area contributed by atoms with Crippen LogP contribution in [0, 0.1) is 5.82 Å². The molecule has 0 saturated carbocycles. The molecule has 1 aromatic heterocycles. The summed E-state index contributed by atoms with van der Waals surface area (Å²) < 4.78 is 18.8. The fourth-order valence-electron chi connectivity index (χ4n) is 2.77. The molecule has 3 rings (SSSR count). The number of benzene rings is 2. The van der Waals surface area contributed by atoms with Crippen LogP contribution in [0.3, 0.4) is 0 Å². The predicted molar refractivity (Wildman–Crippen MR) is 114 cm³/mol. The van der Waals surface area contributed by atoms with Crippen molar-refractivity contribution in [2.45, 2.75) is 12.5 Å². The van der Waals surface area contributed by atoms with Crippen LogP contribution in [0.5, 0.6) is 0 Å². The summed E-state index contributed by atoms with van der Waals surface area (Å²) in [5.41, 5.74) is 1.28. The maximum Gasteiger partial charge on any atom is 0.348 e. The van der Waals surface area contributed by atoms with Gasteiger partial charge in [-0.1, -0.05) is 12.1 Å². The number of rotatable bonds is 6. The maximum absolute atomic E-state index is 13.2. The van der Waals surface area contributed by atoms with Crippen molar-refractivity contribution in [3.8, 4) is 0 Å². The molecular weight excluding hydrogens is 415 g/mol. The average molecular weight is 432 g/mol. The number of nitrogens with one attached hydrogen (secondary N) is 2. The van der Waals surface area contributed by atoms with Gasteiger partial charge in [0.2, 0.25) is 0 Å². The van der Waals surface area contributed by atoms with Crippen molar-refractivity contribution >= 4 is 56.4 Å². The number of hydrogen-bond acceptors (Lipinski definition) is 5. The van der Waals surface area contributed by atoms with Crippen molar-refractivity contribution in [3.63, 3.8) is 0 Å². The number of anilines is 1. The van der Waals surface area contributed by atoms with E-state index in [4.69, 9.17) is 17.0 Å². The molecule has 0 aliphatic heterocycles. The molecular formula is C20H17FN2O4S2. The molecule has 0 bridgehead atoms. The summed E-state index contributed by atoms with van der Waals surface area (Å²) >= 11 is 6.65. The number of methoxy groups -OCH3 is 1. The minimum atomic E-state index is -1.01. The number of ether oxygens (including phenoxy) is 1. The lowest BCUT2D eigenvalue weighted by Gasteiger charge is -2.20. The summed E-state index contributed by atoms with van der Waals surface area (Å²) in [5.74, 6) is -1.81. The first kappa shape index (κ1) is 20.7. The summed E-state index contributed by atoms with van der Waals surface area (Å²) in [4.78, 5) is 23.4. The predicted octanol–water partition coefficient (Wildman–Crippen LogP) is 4.33. The Morgan fingerprint density at radius 1 is 1.21 bits per heavy atom. The number of aliphatic carboxylic acids is 1. The van der Waals surface area contributed by atoms with Gasteiger partial charge in [-0.15, -0.1) is 11.3 Å². The van der Waals surface area contributed by atoms with E-state index in [1.807, 2.05) is 12.1 Å². The maximum atomic E-state index is 13.2. The second-order valence-corrected chi connectivity index (χ2v) is 7.65. The number of carboxylic acids is 1. The molecule has 1 heterocycles. The van der Waals surface area contributed by atoms with Crippen LogP contribution in [-0.2, 0) is 9.53 Å². The number of thiophene rings is 1. The van der Waals surface area contributed by atoms with Gasteiger partial charge in [-0.2, -0.15) is 0 Å². The lowest BCUT2D eigenvalue weighted by molar-refractivity contribution is -0.137. The number of carbonyl (C=O) groups excluding carboxylic acids is 1. The Hall–Kier alpha value is -3.04. The zero-order valence-corrected chi connectivity index (χ0v) is 16.9. The van der Waals surface area contributed by atoms with Gasteiger partial charge in [0.1, 0.15) is 10.7 Å². The summed E-state index contributed by atoms with van der Waals surface area (Å²) in [6.07, 6.45) is -0.223. The highest BCUT2D eigenvalue weighted by Crippen LogP contribution is 2.28. The van der Waals surface area contributed by atoms with Crippen LogP contribution < -0.4 is 10.6 Å². The Kier molecular flexibility index (Phi) is 6.40. The smallest absolute Gasteiger partial charge is 0.348 e. The molecule has 0 saturated heterocycles. The second-order valence-electron chi connectivity index (χ2n) is 6.16. The molecule has 150 valence electrons. The Morgan fingerprint density at radius 3 is 2.59 bits per heavy atom. The van der Waals surface area contributed by atoms with E-state index in [0.29, 0.717) is 16.1 Å². The van der Waals surface area contributed by atoms with Crippen LogP contribution >= 0.6 is 23.6 Å². The van der Waals surface area contributed by atoms with E-state index in [9.17, 15) is 19.1 Å². The van der Waals surface area contributed by atoms with Crippen LogP contribution in [0.25, 0.3) is 10.1 Å². The molecule has 1 atom stereocenters. The first-order chi connectivity index (χ1) is 13.9. The van der Waals surface area contributed by atoms with Gasteiger partial charge in [-0.3, -0.25) is 4.79 Å². The molecule has 6 nitrogen and oxygen atoms in total. The van der Waals surface area contributed by atoms with Gasteiger partial charge < -0.3 is 20.5 Å². The summed E-state index contributed by atoms with van der Waals surface area (Å²) in [7, 11) is 1.33. The molecule has 0 spiro atoms. The van der Waals surface area contributed by atoms with Crippen molar-refractivity contribution in [2.75, 3.05) is 12.4 Å². The van der Waals surface area contributed by atoms with Gasteiger partial charge in [0.15, 0.2) is 5.11 Å². The van der Waals surface area contributed by atoms with Gasteiger partial charge >= 0.3 is 11.9 Å². The van der Waals surface area contributed by atoms with E-state index in [0.717, 1.165) is 10.1 Å². The third-order valence-electron chi connectivity index (χ3n) is 4.12. The van der Waals surface area contributed by atoms with E-state index in [1.165, 1.54) is 42.7 Å². The Labute approximate surface area is 175 Å². The minimum Gasteiger partial charge on any atom is -0.481 e. The molecule has 3 N–H and O–H groups in total. The molecule has 0 radical (unpaired) electrons. The Bertz CT molecular complexity index is 1070. The van der Waals surface area contributed by atoms with Gasteiger partial charge in [0.25, 0.3) is 0 Å². The summed E-state index contributed by atoms with van der Waals surface area (Å²) in [6, 6.07) is 12.2. The van der Waals surface area contributed by atoms with Gasteiger partial charge in [-0.25, -0.2) is 9.18 Å². The molecule has 0 aliphatic carbocycles. The van der Waals surface area contributed by atoms with Crippen molar-refractivity contribution in [1.82, 2.24) is 5.32 Å². The summed E-state index contributed by atoms with van der Waals surface area (Å²) in [5, 5.41) is 16.2. The van der Waals surface area contributed by atoms with E-state index < -0.39 is 23.8 Å². The number of fused-ring (bicyclic) bond motifs is 1. The fraction of sp³-hybridized carbons (Fsp3) is 0.150. The largest absolute Gasteiger partial charge is 0.481 e. The SMILES string of the molecule is COC(=O)c1cc2cc(NC(=S)N[C@H](CC(=O)O)c3ccc(F)cc3)ccc2s1. The monoisotopic (exact) mass is 432 g/mol. The van der Waals surface area contributed by atoms with Crippen LogP contribution in [0.15, 0.2) is 48.5 Å². The fourth-order valence-corrected chi connectivity index (χ4v) is 3.99. The van der Waals surface area contributed by atoms with Crippen molar-refractivity contribution < 1.29 is 23.8 Å².